The van der Waals surface area contributed by atoms with Crippen LogP contribution >= 0.6 is 0 Å². The van der Waals surface area contributed by atoms with Crippen LogP contribution in [0.2, 0.25) is 0 Å². The lowest BCUT2D eigenvalue weighted by molar-refractivity contribution is -0.133. The van der Waals surface area contributed by atoms with Gasteiger partial charge in [0.15, 0.2) is 0 Å². The molecular weight excluding hydrogens is 288 g/mol. The summed E-state index contributed by atoms with van der Waals surface area (Å²) in [6.07, 6.45) is 6.24. The number of nitrogens with zero attached hydrogens (tertiary/aromatic N) is 3. The van der Waals surface area contributed by atoms with Crippen LogP contribution in [0.25, 0.3) is 0 Å². The number of piperidine rings is 1. The minimum Gasteiger partial charge on any atom is -0.357 e. The summed E-state index contributed by atoms with van der Waals surface area (Å²) in [4.78, 5) is 21.4. The van der Waals surface area contributed by atoms with E-state index >= 15 is 0 Å². The molecule has 5 heteroatoms. The minimum atomic E-state index is 0.0588. The largest absolute Gasteiger partial charge is 0.357 e. The molecule has 0 saturated carbocycles. The summed E-state index contributed by atoms with van der Waals surface area (Å²) in [5.41, 5.74) is 0. The fourth-order valence-electron chi connectivity index (χ4n) is 3.69. The first-order valence-electron chi connectivity index (χ1n) is 8.96. The first kappa shape index (κ1) is 16.2. The Morgan fingerprint density at radius 2 is 2.17 bits per heavy atom. The van der Waals surface area contributed by atoms with E-state index < -0.39 is 0 Å². The van der Waals surface area contributed by atoms with Gasteiger partial charge in [0.2, 0.25) is 5.91 Å². The van der Waals surface area contributed by atoms with E-state index in [2.05, 4.69) is 33.1 Å². The quantitative estimate of drug-likeness (QED) is 0.901. The average Bonchev–Trinajstić information content (AvgIpc) is 3.15. The second-order valence-corrected chi connectivity index (χ2v) is 6.64. The summed E-state index contributed by atoms with van der Waals surface area (Å²) in [6.45, 7) is 6.87. The van der Waals surface area contributed by atoms with E-state index in [-0.39, 0.29) is 6.04 Å². The van der Waals surface area contributed by atoms with Gasteiger partial charge in [-0.15, -0.1) is 0 Å². The van der Waals surface area contributed by atoms with Gasteiger partial charge in [-0.25, -0.2) is 4.98 Å². The maximum Gasteiger partial charge on any atom is 0.239 e. The zero-order valence-electron chi connectivity index (χ0n) is 14.1. The second-order valence-electron chi connectivity index (χ2n) is 6.64. The summed E-state index contributed by atoms with van der Waals surface area (Å²) in [7, 11) is 0. The van der Waals surface area contributed by atoms with Crippen LogP contribution in [0.15, 0.2) is 24.4 Å². The molecule has 2 aliphatic heterocycles. The van der Waals surface area contributed by atoms with Crippen molar-refractivity contribution in [1.29, 1.82) is 0 Å². The highest BCUT2D eigenvalue weighted by Gasteiger charge is 2.29. The molecule has 126 valence electrons. The molecule has 0 aliphatic carbocycles. The van der Waals surface area contributed by atoms with E-state index in [0.29, 0.717) is 11.8 Å². The molecule has 23 heavy (non-hydrogen) atoms. The summed E-state index contributed by atoms with van der Waals surface area (Å²) in [6, 6.07) is 6.13. The van der Waals surface area contributed by atoms with Gasteiger partial charge in [-0.2, -0.15) is 0 Å². The maximum absolute atomic E-state index is 12.6. The first-order valence-corrected chi connectivity index (χ1v) is 8.96. The van der Waals surface area contributed by atoms with E-state index in [1.54, 1.807) is 0 Å². The van der Waals surface area contributed by atoms with Gasteiger partial charge in [-0.3, -0.25) is 4.79 Å². The minimum absolute atomic E-state index is 0.0588. The highest BCUT2D eigenvalue weighted by atomic mass is 16.2. The third-order valence-electron chi connectivity index (χ3n) is 5.12. The van der Waals surface area contributed by atoms with E-state index in [1.807, 2.05) is 18.3 Å². The van der Waals surface area contributed by atoms with Crippen molar-refractivity contribution in [1.82, 2.24) is 15.2 Å². The Morgan fingerprint density at radius 1 is 1.35 bits per heavy atom. The highest BCUT2D eigenvalue weighted by Crippen LogP contribution is 2.23. The Morgan fingerprint density at radius 3 is 2.78 bits per heavy atom. The van der Waals surface area contributed by atoms with Crippen molar-refractivity contribution in [2.24, 2.45) is 5.92 Å². The first-order chi connectivity index (χ1) is 11.3. The lowest BCUT2D eigenvalue weighted by atomic mass is 9.95. The molecule has 1 aromatic rings. The molecule has 0 radical (unpaired) electrons. The van der Waals surface area contributed by atoms with Crippen LogP contribution in [0, 0.1) is 5.92 Å². The molecule has 5 nitrogen and oxygen atoms in total. The predicted octanol–water partition coefficient (Wildman–Crippen LogP) is 1.90. The van der Waals surface area contributed by atoms with Gasteiger partial charge in [-0.1, -0.05) is 6.07 Å². The molecule has 1 unspecified atom stereocenters. The number of pyridine rings is 1. The van der Waals surface area contributed by atoms with Crippen molar-refractivity contribution in [3.63, 3.8) is 0 Å². The zero-order chi connectivity index (χ0) is 16.1. The standard InChI is InChI=1S/C18H28N4O/c1-2-21(18(23)16-6-5-11-19-16)14-15-8-12-22(13-9-15)17-7-3-4-10-20-17/h3-4,7,10,15-16,19H,2,5-6,8-9,11-14H2,1H3. The fourth-order valence-corrected chi connectivity index (χ4v) is 3.69. The van der Waals surface area contributed by atoms with Gasteiger partial charge in [0.05, 0.1) is 6.04 Å². The van der Waals surface area contributed by atoms with Crippen LogP contribution in [0.4, 0.5) is 5.82 Å². The maximum atomic E-state index is 12.6. The van der Waals surface area contributed by atoms with E-state index in [1.165, 1.54) is 0 Å². The number of aromatic nitrogens is 1. The number of hydrogen-bond acceptors (Lipinski definition) is 4. The molecule has 0 bridgehead atoms. The Bertz CT molecular complexity index is 493. The number of amides is 1. The Hall–Kier alpha value is -1.62. The second kappa shape index (κ2) is 7.77. The molecule has 3 heterocycles. The van der Waals surface area contributed by atoms with Crippen molar-refractivity contribution in [2.45, 2.75) is 38.6 Å². The van der Waals surface area contributed by atoms with E-state index in [9.17, 15) is 4.79 Å². The predicted molar refractivity (Wildman–Crippen MR) is 92.5 cm³/mol. The Kier molecular flexibility index (Phi) is 5.49. The number of likely N-dealkylation sites (N-methyl/N-ethyl adjacent to an activating group) is 1. The number of anilines is 1. The summed E-state index contributed by atoms with van der Waals surface area (Å²) >= 11 is 0. The third kappa shape index (κ3) is 4.02. The molecular formula is C18H28N4O. The molecule has 0 aromatic carbocycles. The van der Waals surface area contributed by atoms with Crippen LogP contribution in [-0.4, -0.2) is 54.6 Å². The average molecular weight is 316 g/mol. The molecule has 1 amide bonds. The number of nitrogens with one attached hydrogen (secondary N) is 1. The molecule has 2 aliphatic rings. The van der Waals surface area contributed by atoms with Gasteiger partial charge in [0.25, 0.3) is 0 Å². The van der Waals surface area contributed by atoms with Crippen molar-refractivity contribution < 1.29 is 4.79 Å². The van der Waals surface area contributed by atoms with Crippen molar-refractivity contribution >= 4 is 11.7 Å². The van der Waals surface area contributed by atoms with Crippen molar-refractivity contribution in [3.05, 3.63) is 24.4 Å². The van der Waals surface area contributed by atoms with Gasteiger partial charge in [0, 0.05) is 32.4 Å². The van der Waals surface area contributed by atoms with E-state index in [4.69, 9.17) is 0 Å². The lowest BCUT2D eigenvalue weighted by Gasteiger charge is -2.35. The normalized spacial score (nSPS) is 22.3. The van der Waals surface area contributed by atoms with Gasteiger partial charge in [-0.05, 0) is 57.2 Å². The van der Waals surface area contributed by atoms with Gasteiger partial charge in [0.1, 0.15) is 5.82 Å². The van der Waals surface area contributed by atoms with Crippen molar-refractivity contribution in [3.8, 4) is 0 Å². The zero-order valence-corrected chi connectivity index (χ0v) is 14.1. The molecule has 2 saturated heterocycles. The third-order valence-corrected chi connectivity index (χ3v) is 5.12. The fraction of sp³-hybridized carbons (Fsp3) is 0.667. The topological polar surface area (TPSA) is 48.5 Å². The van der Waals surface area contributed by atoms with Crippen LogP contribution in [0.5, 0.6) is 0 Å². The number of rotatable bonds is 5. The number of carbonyl (C=O) groups excluding carboxylic acids is 1. The Balaban J connectivity index is 1.50. The number of carbonyl (C=O) groups is 1. The molecule has 1 atom stereocenters. The molecule has 2 fully saturated rings. The van der Waals surface area contributed by atoms with E-state index in [0.717, 1.165) is 64.2 Å². The van der Waals surface area contributed by atoms with Crippen LogP contribution in [0.1, 0.15) is 32.6 Å². The summed E-state index contributed by atoms with van der Waals surface area (Å²) in [5.74, 6) is 1.99. The Labute approximate surface area is 139 Å². The molecule has 3 rings (SSSR count). The lowest BCUT2D eigenvalue weighted by Crippen LogP contribution is -2.47. The molecule has 1 aromatic heterocycles. The summed E-state index contributed by atoms with van der Waals surface area (Å²) < 4.78 is 0. The molecule has 0 spiro atoms. The van der Waals surface area contributed by atoms with Gasteiger partial charge >= 0.3 is 0 Å². The van der Waals surface area contributed by atoms with Crippen molar-refractivity contribution in [2.75, 3.05) is 37.6 Å². The van der Waals surface area contributed by atoms with Crippen LogP contribution in [-0.2, 0) is 4.79 Å². The monoisotopic (exact) mass is 316 g/mol. The van der Waals surface area contributed by atoms with Crippen LogP contribution < -0.4 is 10.2 Å². The SMILES string of the molecule is CCN(CC1CCN(c2ccccn2)CC1)C(=O)C1CCCN1. The van der Waals surface area contributed by atoms with Gasteiger partial charge < -0.3 is 15.1 Å². The highest BCUT2D eigenvalue weighted by molar-refractivity contribution is 5.82. The smallest absolute Gasteiger partial charge is 0.239 e. The van der Waals surface area contributed by atoms with Crippen LogP contribution in [0.3, 0.4) is 0 Å². The summed E-state index contributed by atoms with van der Waals surface area (Å²) in [5, 5.41) is 3.33. The molecule has 1 N–H and O–H groups in total. The number of hydrogen-bond donors (Lipinski definition) is 1.